The van der Waals surface area contributed by atoms with E-state index in [4.69, 9.17) is 14.6 Å². The van der Waals surface area contributed by atoms with Crippen molar-refractivity contribution in [3.8, 4) is 0 Å². The van der Waals surface area contributed by atoms with Crippen LogP contribution in [0.15, 0.2) is 30.3 Å². The van der Waals surface area contributed by atoms with E-state index in [0.717, 1.165) is 29.6 Å². The van der Waals surface area contributed by atoms with Crippen LogP contribution in [0.2, 0.25) is 0 Å². The molecule has 0 radical (unpaired) electrons. The number of carbonyl (C=O) groups is 2. The number of nitrogens with zero attached hydrogens (tertiary/aromatic N) is 4. The van der Waals surface area contributed by atoms with Crippen LogP contribution in [0.25, 0.3) is 0 Å². The van der Waals surface area contributed by atoms with Gasteiger partial charge in [-0.3, -0.25) is 9.59 Å². The molecule has 1 aromatic carbocycles. The molecule has 4 rings (SSSR count). The number of ether oxygens (including phenoxy) is 1. The first-order chi connectivity index (χ1) is 13.5. The number of hydrogen-bond acceptors (Lipinski definition) is 8. The Morgan fingerprint density at radius 1 is 1.39 bits per heavy atom. The Kier molecular flexibility index (Phi) is 6.10. The van der Waals surface area contributed by atoms with Crippen molar-refractivity contribution in [3.05, 3.63) is 35.9 Å². The molecule has 2 fully saturated rings. The quantitative estimate of drug-likeness (QED) is 0.726. The lowest BCUT2D eigenvalue weighted by atomic mass is 9.77. The van der Waals surface area contributed by atoms with Crippen LogP contribution < -0.4 is 15.1 Å². The lowest BCUT2D eigenvalue weighted by Gasteiger charge is -2.50. The van der Waals surface area contributed by atoms with Crippen LogP contribution in [-0.2, 0) is 19.9 Å². The normalized spacial score (nSPS) is 23.7. The Balaban J connectivity index is 0.000000706. The predicted octanol–water partition coefficient (Wildman–Crippen LogP) is 0.925. The summed E-state index contributed by atoms with van der Waals surface area (Å²) in [5.41, 5.74) is 0.626. The maximum Gasteiger partial charge on any atom is 0.290 e. The number of carboxylic acid groups (broad SMARTS) is 1. The van der Waals surface area contributed by atoms with Crippen molar-refractivity contribution < 1.29 is 19.4 Å². The first kappa shape index (κ1) is 20.0. The summed E-state index contributed by atoms with van der Waals surface area (Å²) in [5, 5.41) is 11.0. The molecule has 2 aromatic rings. The van der Waals surface area contributed by atoms with Crippen LogP contribution in [0.4, 0.5) is 11.1 Å². The minimum Gasteiger partial charge on any atom is -0.483 e. The number of benzene rings is 1. The number of rotatable bonds is 3. The van der Waals surface area contributed by atoms with Crippen LogP contribution in [0.5, 0.6) is 0 Å². The van der Waals surface area contributed by atoms with Gasteiger partial charge in [-0.2, -0.15) is 9.36 Å². The molecule has 0 unspecified atom stereocenters. The van der Waals surface area contributed by atoms with Crippen LogP contribution in [0.1, 0.15) is 12.0 Å². The van der Waals surface area contributed by atoms with Crippen molar-refractivity contribution >= 4 is 35.0 Å². The maximum absolute atomic E-state index is 12.1. The van der Waals surface area contributed by atoms with E-state index in [1.54, 1.807) is 0 Å². The number of amides is 1. The Labute approximate surface area is 167 Å². The van der Waals surface area contributed by atoms with Crippen molar-refractivity contribution in [2.45, 2.75) is 18.1 Å². The third-order valence-electron chi connectivity index (χ3n) is 4.85. The minimum atomic E-state index is -0.470. The van der Waals surface area contributed by atoms with E-state index in [-0.39, 0.29) is 25.1 Å². The van der Waals surface area contributed by atoms with Gasteiger partial charge in [0.25, 0.3) is 6.47 Å². The molecular weight excluding hydrogens is 382 g/mol. The molecule has 0 aliphatic carbocycles. The fourth-order valence-corrected chi connectivity index (χ4v) is 4.32. The molecule has 9 nitrogen and oxygen atoms in total. The van der Waals surface area contributed by atoms with Gasteiger partial charge in [0.05, 0.1) is 5.54 Å². The molecule has 2 atom stereocenters. The third kappa shape index (κ3) is 3.92. The van der Waals surface area contributed by atoms with Gasteiger partial charge >= 0.3 is 0 Å². The maximum atomic E-state index is 12.1. The lowest BCUT2D eigenvalue weighted by Crippen LogP contribution is -2.66. The Bertz CT molecular complexity index is 815. The highest BCUT2D eigenvalue weighted by atomic mass is 32.1. The van der Waals surface area contributed by atoms with Crippen LogP contribution in [-0.4, -0.2) is 66.7 Å². The van der Waals surface area contributed by atoms with Crippen molar-refractivity contribution in [2.75, 3.05) is 43.6 Å². The van der Waals surface area contributed by atoms with Gasteiger partial charge < -0.3 is 25.0 Å². The second kappa shape index (κ2) is 8.53. The number of morpholine rings is 1. The number of anilines is 2. The molecular formula is C18H23N5O4S. The molecule has 2 aliphatic heterocycles. The summed E-state index contributed by atoms with van der Waals surface area (Å²) in [6.07, 6.45) is 0.651. The van der Waals surface area contributed by atoms with Crippen LogP contribution in [0, 0.1) is 0 Å². The van der Waals surface area contributed by atoms with Gasteiger partial charge in [0.2, 0.25) is 17.0 Å². The van der Waals surface area contributed by atoms with Gasteiger partial charge in [0.15, 0.2) is 0 Å². The van der Waals surface area contributed by atoms with Gasteiger partial charge in [-0.05, 0) is 12.0 Å². The zero-order chi connectivity index (χ0) is 20.1. The van der Waals surface area contributed by atoms with E-state index in [9.17, 15) is 4.79 Å². The van der Waals surface area contributed by atoms with Crippen molar-refractivity contribution in [3.63, 3.8) is 0 Å². The van der Waals surface area contributed by atoms with Crippen molar-refractivity contribution in [1.82, 2.24) is 14.7 Å². The molecule has 1 amide bonds. The summed E-state index contributed by atoms with van der Waals surface area (Å²) < 4.78 is 10.3. The number of carbonyl (C=O) groups excluding carboxylic acids is 1. The van der Waals surface area contributed by atoms with Gasteiger partial charge in [-0.25, -0.2) is 0 Å². The molecule has 150 valence electrons. The Morgan fingerprint density at radius 2 is 2.11 bits per heavy atom. The second-order valence-electron chi connectivity index (χ2n) is 6.76. The van der Waals surface area contributed by atoms with Gasteiger partial charge in [0, 0.05) is 38.7 Å². The second-order valence-corrected chi connectivity index (χ2v) is 7.49. The number of aromatic nitrogens is 2. The van der Waals surface area contributed by atoms with Gasteiger partial charge in [-0.1, -0.05) is 30.3 Å². The van der Waals surface area contributed by atoms with Gasteiger partial charge in [0.1, 0.15) is 12.7 Å². The third-order valence-corrected chi connectivity index (χ3v) is 5.62. The van der Waals surface area contributed by atoms with Crippen molar-refractivity contribution in [1.29, 1.82) is 0 Å². The number of piperidine rings is 1. The Hall–Kier alpha value is -2.72. The summed E-state index contributed by atoms with van der Waals surface area (Å²) in [4.78, 5) is 29.1. The van der Waals surface area contributed by atoms with E-state index in [2.05, 4.69) is 31.7 Å². The fraction of sp³-hybridized carbons (Fsp3) is 0.444. The highest BCUT2D eigenvalue weighted by Crippen LogP contribution is 2.38. The molecule has 2 saturated heterocycles. The lowest BCUT2D eigenvalue weighted by molar-refractivity contribution is -0.146. The summed E-state index contributed by atoms with van der Waals surface area (Å²) in [6.45, 7) is 1.32. The monoisotopic (exact) mass is 405 g/mol. The number of hydrogen-bond donors (Lipinski definition) is 2. The fourth-order valence-electron chi connectivity index (χ4n) is 3.55. The summed E-state index contributed by atoms with van der Waals surface area (Å²) >= 11 is 1.40. The smallest absolute Gasteiger partial charge is 0.290 e. The van der Waals surface area contributed by atoms with E-state index in [1.165, 1.54) is 11.5 Å². The summed E-state index contributed by atoms with van der Waals surface area (Å²) in [7, 11) is 3.87. The minimum absolute atomic E-state index is 0.0561. The SMILES string of the molecule is CN(C)c1nsc(N2CC[C@@]3(c4ccccc4)NC(=O)CO[C@@H]3C2)n1.O=CO. The van der Waals surface area contributed by atoms with Crippen LogP contribution in [0.3, 0.4) is 0 Å². The summed E-state index contributed by atoms with van der Waals surface area (Å²) in [6, 6.07) is 10.1. The molecule has 10 heteroatoms. The number of nitrogens with one attached hydrogen (secondary N) is 1. The average Bonchev–Trinajstić information content (AvgIpc) is 3.19. The van der Waals surface area contributed by atoms with E-state index in [0.29, 0.717) is 6.54 Å². The topological polar surface area (TPSA) is 108 Å². The molecule has 2 aliphatic rings. The zero-order valence-corrected chi connectivity index (χ0v) is 16.6. The largest absolute Gasteiger partial charge is 0.483 e. The van der Waals surface area contributed by atoms with Crippen molar-refractivity contribution in [2.24, 2.45) is 0 Å². The van der Waals surface area contributed by atoms with E-state index >= 15 is 0 Å². The molecule has 28 heavy (non-hydrogen) atoms. The molecule has 0 saturated carbocycles. The van der Waals surface area contributed by atoms with E-state index < -0.39 is 5.54 Å². The molecule has 2 N–H and O–H groups in total. The molecule has 3 heterocycles. The average molecular weight is 405 g/mol. The number of fused-ring (bicyclic) bond motifs is 1. The first-order valence-corrected chi connectivity index (χ1v) is 9.59. The first-order valence-electron chi connectivity index (χ1n) is 8.82. The molecule has 0 bridgehead atoms. The molecule has 1 aromatic heterocycles. The zero-order valence-electron chi connectivity index (χ0n) is 15.7. The standard InChI is InChI=1S/C17H21N5O2S.CH2O2/c1-21(2)15-18-16(25-20-15)22-9-8-17(12-6-4-3-5-7-12)13(10-22)24-11-14(23)19-17;2-1-3/h3-7,13H,8-11H2,1-2H3,(H,19,23);1H,(H,2,3)/t13-,17+;/m1./s1. The Morgan fingerprint density at radius 3 is 2.75 bits per heavy atom. The van der Waals surface area contributed by atoms with E-state index in [1.807, 2.05) is 37.2 Å². The predicted molar refractivity (Wildman–Crippen MR) is 106 cm³/mol. The highest BCUT2D eigenvalue weighted by Gasteiger charge is 2.49. The van der Waals surface area contributed by atoms with Gasteiger partial charge in [-0.15, -0.1) is 0 Å². The summed E-state index contributed by atoms with van der Waals surface area (Å²) in [5.74, 6) is 0.664. The highest BCUT2D eigenvalue weighted by molar-refractivity contribution is 7.09. The molecule has 0 spiro atoms. The van der Waals surface area contributed by atoms with Crippen LogP contribution >= 0.6 is 11.5 Å².